The highest BCUT2D eigenvalue weighted by molar-refractivity contribution is 6.42. The summed E-state index contributed by atoms with van der Waals surface area (Å²) >= 11 is 11.8. The van der Waals surface area contributed by atoms with Gasteiger partial charge in [0, 0.05) is 19.1 Å². The standard InChI is InChI=1S/C15H17Cl2NO4/c1-15(14(20)21,10-2-3-11(16)12(17)8-10)18-13(19)9-4-6-22-7-5-9/h2-3,8-9H,4-7H2,1H3,(H,18,19)(H,20,21). The third-order valence-corrected chi connectivity index (χ3v) is 4.63. The summed E-state index contributed by atoms with van der Waals surface area (Å²) in [5, 5.41) is 12.8. The van der Waals surface area contributed by atoms with Crippen LogP contribution >= 0.6 is 23.2 Å². The Kier molecular flexibility index (Phi) is 5.32. The lowest BCUT2D eigenvalue weighted by molar-refractivity contribution is -0.148. The molecule has 1 unspecified atom stereocenters. The number of carboxylic acids is 1. The zero-order valence-electron chi connectivity index (χ0n) is 12.1. The van der Waals surface area contributed by atoms with E-state index in [1.54, 1.807) is 6.07 Å². The number of rotatable bonds is 4. The SMILES string of the molecule is CC(NC(=O)C1CCOCC1)(C(=O)O)c1ccc(Cl)c(Cl)c1. The largest absolute Gasteiger partial charge is 0.479 e. The van der Waals surface area contributed by atoms with Gasteiger partial charge in [-0.2, -0.15) is 0 Å². The fourth-order valence-corrected chi connectivity index (χ4v) is 2.66. The first-order valence-corrected chi connectivity index (χ1v) is 7.69. The monoisotopic (exact) mass is 345 g/mol. The molecule has 1 fully saturated rings. The Morgan fingerprint density at radius 3 is 2.45 bits per heavy atom. The van der Waals surface area contributed by atoms with Gasteiger partial charge in [0.2, 0.25) is 5.91 Å². The van der Waals surface area contributed by atoms with E-state index in [4.69, 9.17) is 27.9 Å². The van der Waals surface area contributed by atoms with Crippen LogP contribution in [-0.4, -0.2) is 30.2 Å². The minimum Gasteiger partial charge on any atom is -0.479 e. The molecule has 0 bridgehead atoms. The molecule has 1 heterocycles. The van der Waals surface area contributed by atoms with Crippen LogP contribution in [0.4, 0.5) is 0 Å². The van der Waals surface area contributed by atoms with Gasteiger partial charge >= 0.3 is 5.97 Å². The summed E-state index contributed by atoms with van der Waals surface area (Å²) < 4.78 is 5.21. The van der Waals surface area contributed by atoms with E-state index in [-0.39, 0.29) is 16.8 Å². The van der Waals surface area contributed by atoms with Crippen LogP contribution in [0, 0.1) is 5.92 Å². The maximum atomic E-state index is 12.4. The van der Waals surface area contributed by atoms with Crippen molar-refractivity contribution in [1.29, 1.82) is 0 Å². The number of carbonyl (C=O) groups excluding carboxylic acids is 1. The Bertz CT molecular complexity index is 587. The predicted molar refractivity (Wildman–Crippen MR) is 83.1 cm³/mol. The van der Waals surface area contributed by atoms with Gasteiger partial charge < -0.3 is 15.2 Å². The summed E-state index contributed by atoms with van der Waals surface area (Å²) in [5.41, 5.74) is -1.20. The molecule has 22 heavy (non-hydrogen) atoms. The smallest absolute Gasteiger partial charge is 0.333 e. The quantitative estimate of drug-likeness (QED) is 0.879. The second-order valence-electron chi connectivity index (χ2n) is 5.43. The summed E-state index contributed by atoms with van der Waals surface area (Å²) in [4.78, 5) is 24.1. The Balaban J connectivity index is 2.25. The first kappa shape index (κ1) is 17.1. The predicted octanol–water partition coefficient (Wildman–Crippen LogP) is 2.84. The zero-order valence-corrected chi connectivity index (χ0v) is 13.6. The molecule has 0 radical (unpaired) electrons. The van der Waals surface area contributed by atoms with Crippen LogP contribution < -0.4 is 5.32 Å². The number of amides is 1. The number of carboxylic acid groups (broad SMARTS) is 1. The highest BCUT2D eigenvalue weighted by Gasteiger charge is 2.39. The topological polar surface area (TPSA) is 75.6 Å². The van der Waals surface area contributed by atoms with Crippen LogP contribution in [0.1, 0.15) is 25.3 Å². The van der Waals surface area contributed by atoms with E-state index >= 15 is 0 Å². The second-order valence-corrected chi connectivity index (χ2v) is 6.25. The van der Waals surface area contributed by atoms with Crippen molar-refractivity contribution in [3.63, 3.8) is 0 Å². The molecule has 1 aliphatic rings. The minimum atomic E-state index is -1.57. The van der Waals surface area contributed by atoms with Crippen molar-refractivity contribution in [2.75, 3.05) is 13.2 Å². The summed E-state index contributed by atoms with van der Waals surface area (Å²) in [5.74, 6) is -1.69. The van der Waals surface area contributed by atoms with E-state index < -0.39 is 11.5 Å². The molecule has 0 aromatic heterocycles. The van der Waals surface area contributed by atoms with Gasteiger partial charge in [-0.3, -0.25) is 4.79 Å². The number of hydrogen-bond donors (Lipinski definition) is 2. The van der Waals surface area contributed by atoms with Gasteiger partial charge in [0.25, 0.3) is 0 Å². The molecule has 1 aromatic carbocycles. The average Bonchev–Trinajstić information content (AvgIpc) is 2.50. The molecule has 1 amide bonds. The number of halogens is 2. The number of hydrogen-bond acceptors (Lipinski definition) is 3. The summed E-state index contributed by atoms with van der Waals surface area (Å²) in [7, 11) is 0. The molecule has 0 spiro atoms. The lowest BCUT2D eigenvalue weighted by Crippen LogP contribution is -2.52. The van der Waals surface area contributed by atoms with Crippen LogP contribution in [-0.2, 0) is 19.9 Å². The van der Waals surface area contributed by atoms with E-state index in [1.807, 2.05) is 0 Å². The van der Waals surface area contributed by atoms with Crippen molar-refractivity contribution >= 4 is 35.1 Å². The third-order valence-electron chi connectivity index (χ3n) is 3.89. The van der Waals surface area contributed by atoms with Crippen molar-refractivity contribution < 1.29 is 19.4 Å². The molecule has 120 valence electrons. The molecule has 0 aliphatic carbocycles. The van der Waals surface area contributed by atoms with E-state index in [0.717, 1.165) is 0 Å². The molecule has 1 aromatic rings. The van der Waals surface area contributed by atoms with Crippen molar-refractivity contribution in [3.8, 4) is 0 Å². The number of ether oxygens (including phenoxy) is 1. The Labute approximate surface area is 138 Å². The summed E-state index contributed by atoms with van der Waals surface area (Å²) in [6, 6.07) is 4.52. The van der Waals surface area contributed by atoms with Gasteiger partial charge in [-0.25, -0.2) is 4.79 Å². The normalized spacial score (nSPS) is 18.5. The zero-order chi connectivity index (χ0) is 16.3. The molecule has 2 rings (SSSR count). The van der Waals surface area contributed by atoms with Crippen LogP contribution in [0.15, 0.2) is 18.2 Å². The Morgan fingerprint density at radius 1 is 1.27 bits per heavy atom. The molecule has 2 N–H and O–H groups in total. The van der Waals surface area contributed by atoms with Crippen LogP contribution in [0.3, 0.4) is 0 Å². The van der Waals surface area contributed by atoms with Gasteiger partial charge in [0.15, 0.2) is 5.54 Å². The molecule has 5 nitrogen and oxygen atoms in total. The summed E-state index contributed by atoms with van der Waals surface area (Å²) in [6.07, 6.45) is 1.17. The molecule has 1 atom stereocenters. The highest BCUT2D eigenvalue weighted by Crippen LogP contribution is 2.29. The van der Waals surface area contributed by atoms with Crippen molar-refractivity contribution in [3.05, 3.63) is 33.8 Å². The molecule has 7 heteroatoms. The molecular formula is C15H17Cl2NO4. The highest BCUT2D eigenvalue weighted by atomic mass is 35.5. The third kappa shape index (κ3) is 3.54. The van der Waals surface area contributed by atoms with Gasteiger partial charge in [0.1, 0.15) is 0 Å². The maximum Gasteiger partial charge on any atom is 0.333 e. The van der Waals surface area contributed by atoms with E-state index in [2.05, 4.69) is 5.32 Å². The first-order valence-electron chi connectivity index (χ1n) is 6.93. The molecule has 1 saturated heterocycles. The van der Waals surface area contributed by atoms with E-state index in [1.165, 1.54) is 19.1 Å². The number of nitrogens with one attached hydrogen (secondary N) is 1. The van der Waals surface area contributed by atoms with Gasteiger partial charge in [-0.05, 0) is 37.5 Å². The molecular weight excluding hydrogens is 329 g/mol. The molecule has 0 saturated carbocycles. The Morgan fingerprint density at radius 2 is 1.91 bits per heavy atom. The second kappa shape index (κ2) is 6.86. The average molecular weight is 346 g/mol. The Hall–Kier alpha value is -1.30. The number of benzene rings is 1. The van der Waals surface area contributed by atoms with Crippen LogP contribution in [0.2, 0.25) is 10.0 Å². The van der Waals surface area contributed by atoms with Gasteiger partial charge in [-0.15, -0.1) is 0 Å². The van der Waals surface area contributed by atoms with E-state index in [0.29, 0.717) is 36.6 Å². The van der Waals surface area contributed by atoms with Crippen LogP contribution in [0.25, 0.3) is 0 Å². The fraction of sp³-hybridized carbons (Fsp3) is 0.467. The van der Waals surface area contributed by atoms with Crippen molar-refractivity contribution in [1.82, 2.24) is 5.32 Å². The number of carbonyl (C=O) groups is 2. The molecule has 1 aliphatic heterocycles. The number of aliphatic carboxylic acids is 1. The lowest BCUT2D eigenvalue weighted by atomic mass is 9.90. The van der Waals surface area contributed by atoms with Crippen LogP contribution in [0.5, 0.6) is 0 Å². The maximum absolute atomic E-state index is 12.4. The first-order chi connectivity index (χ1) is 10.3. The lowest BCUT2D eigenvalue weighted by Gasteiger charge is -2.30. The van der Waals surface area contributed by atoms with Crippen molar-refractivity contribution in [2.24, 2.45) is 5.92 Å². The fourth-order valence-electron chi connectivity index (χ4n) is 2.36. The van der Waals surface area contributed by atoms with E-state index in [9.17, 15) is 14.7 Å². The van der Waals surface area contributed by atoms with Gasteiger partial charge in [-0.1, -0.05) is 29.3 Å². The minimum absolute atomic E-state index is 0.241. The van der Waals surface area contributed by atoms with Crippen molar-refractivity contribution in [2.45, 2.75) is 25.3 Å². The van der Waals surface area contributed by atoms with Gasteiger partial charge in [0.05, 0.1) is 10.0 Å². The summed E-state index contributed by atoms with van der Waals surface area (Å²) in [6.45, 7) is 2.45.